The molecule has 2 heterocycles. The second kappa shape index (κ2) is 7.41. The lowest BCUT2D eigenvalue weighted by Crippen LogP contribution is -2.43. The van der Waals surface area contributed by atoms with Crippen LogP contribution in [0.25, 0.3) is 11.4 Å². The van der Waals surface area contributed by atoms with Crippen molar-refractivity contribution in [1.82, 2.24) is 14.9 Å². The number of carbonyl (C=O) groups excluding carboxylic acids is 1. The van der Waals surface area contributed by atoms with Gasteiger partial charge in [-0.05, 0) is 50.5 Å². The van der Waals surface area contributed by atoms with Gasteiger partial charge in [-0.25, -0.2) is 14.8 Å². The molecular formula is C20H25N3O3. The Kier molecular flexibility index (Phi) is 5.23. The Hall–Kier alpha value is -2.47. The molecule has 0 saturated heterocycles. The van der Waals surface area contributed by atoms with Crippen LogP contribution in [0.5, 0.6) is 0 Å². The van der Waals surface area contributed by atoms with E-state index in [0.717, 1.165) is 17.5 Å². The number of carbonyl (C=O) groups is 1. The van der Waals surface area contributed by atoms with E-state index in [1.807, 2.05) is 32.9 Å². The van der Waals surface area contributed by atoms with Crippen LogP contribution in [-0.4, -0.2) is 46.8 Å². The Morgan fingerprint density at radius 3 is 2.73 bits per heavy atom. The van der Waals surface area contributed by atoms with Crippen LogP contribution in [0.4, 0.5) is 4.79 Å². The zero-order chi connectivity index (χ0) is 18.7. The van der Waals surface area contributed by atoms with Gasteiger partial charge in [0, 0.05) is 30.5 Å². The average molecular weight is 355 g/mol. The van der Waals surface area contributed by atoms with E-state index in [9.17, 15) is 4.79 Å². The number of hydrogen-bond donors (Lipinski definition) is 0. The van der Waals surface area contributed by atoms with Gasteiger partial charge >= 0.3 is 6.09 Å². The smallest absolute Gasteiger partial charge is 0.410 e. The van der Waals surface area contributed by atoms with Crippen LogP contribution in [-0.2, 0) is 15.9 Å². The first-order valence-electron chi connectivity index (χ1n) is 8.78. The third-order valence-corrected chi connectivity index (χ3v) is 4.64. The van der Waals surface area contributed by atoms with Gasteiger partial charge in [0.25, 0.3) is 0 Å². The summed E-state index contributed by atoms with van der Waals surface area (Å²) < 4.78 is 11.3. The molecule has 0 bridgehead atoms. The lowest BCUT2D eigenvalue weighted by atomic mass is 9.95. The summed E-state index contributed by atoms with van der Waals surface area (Å²) in [5, 5.41) is 0. The summed E-state index contributed by atoms with van der Waals surface area (Å²) in [7, 11) is 1.74. The highest BCUT2D eigenvalue weighted by Crippen LogP contribution is 2.30. The molecule has 1 aromatic heterocycles. The fourth-order valence-corrected chi connectivity index (χ4v) is 2.78. The maximum Gasteiger partial charge on any atom is 0.410 e. The molecule has 0 saturated carbocycles. The number of rotatable bonds is 3. The number of nitrogens with zero attached hydrogens (tertiary/aromatic N) is 3. The summed E-state index contributed by atoms with van der Waals surface area (Å²) in [5.41, 5.74) is 2.94. The van der Waals surface area contributed by atoms with Crippen molar-refractivity contribution in [2.45, 2.75) is 38.8 Å². The Bertz CT molecular complexity index is 772. The van der Waals surface area contributed by atoms with Gasteiger partial charge in [0.15, 0.2) is 5.82 Å². The summed E-state index contributed by atoms with van der Waals surface area (Å²) in [6, 6.07) is 7.91. The van der Waals surface area contributed by atoms with Gasteiger partial charge in [0.1, 0.15) is 12.7 Å². The van der Waals surface area contributed by atoms with Gasteiger partial charge in [0.2, 0.25) is 0 Å². The fraction of sp³-hybridized carbons (Fsp3) is 0.450. The number of amides is 1. The Morgan fingerprint density at radius 1 is 1.31 bits per heavy atom. The molecule has 26 heavy (non-hydrogen) atoms. The highest BCUT2D eigenvalue weighted by molar-refractivity contribution is 5.68. The van der Waals surface area contributed by atoms with E-state index in [0.29, 0.717) is 12.4 Å². The fourth-order valence-electron chi connectivity index (χ4n) is 2.78. The van der Waals surface area contributed by atoms with Gasteiger partial charge in [0.05, 0.1) is 6.61 Å². The molecule has 2 aromatic rings. The minimum atomic E-state index is -0.345. The van der Waals surface area contributed by atoms with E-state index in [4.69, 9.17) is 9.47 Å². The van der Waals surface area contributed by atoms with E-state index < -0.39 is 0 Å². The summed E-state index contributed by atoms with van der Waals surface area (Å²) in [4.78, 5) is 22.4. The molecule has 0 unspecified atom stereocenters. The van der Waals surface area contributed by atoms with Crippen LogP contribution in [0.1, 0.15) is 38.0 Å². The second-order valence-electron chi connectivity index (χ2n) is 7.40. The molecule has 0 aliphatic carbocycles. The Morgan fingerprint density at radius 2 is 2.04 bits per heavy atom. The molecule has 6 nitrogen and oxygen atoms in total. The molecule has 0 N–H and O–H groups in total. The van der Waals surface area contributed by atoms with Gasteiger partial charge in [-0.3, -0.25) is 0 Å². The summed E-state index contributed by atoms with van der Waals surface area (Å²) in [5.74, 6) is 0.705. The first-order valence-corrected chi connectivity index (χ1v) is 8.78. The first-order chi connectivity index (χ1) is 12.4. The molecule has 3 rings (SSSR count). The molecule has 1 aromatic carbocycles. The highest BCUT2D eigenvalue weighted by atomic mass is 16.6. The van der Waals surface area contributed by atoms with Crippen LogP contribution < -0.4 is 0 Å². The van der Waals surface area contributed by atoms with Gasteiger partial charge in [-0.1, -0.05) is 12.1 Å². The molecule has 1 atom stereocenters. The number of ether oxygens (including phenoxy) is 2. The van der Waals surface area contributed by atoms with Crippen molar-refractivity contribution < 1.29 is 14.3 Å². The van der Waals surface area contributed by atoms with E-state index in [2.05, 4.69) is 16.0 Å². The predicted molar refractivity (Wildman–Crippen MR) is 98.7 cm³/mol. The number of aromatic nitrogens is 2. The number of benzene rings is 1. The Labute approximate surface area is 154 Å². The van der Waals surface area contributed by atoms with Gasteiger partial charge < -0.3 is 14.4 Å². The largest absolute Gasteiger partial charge is 0.446 e. The summed E-state index contributed by atoms with van der Waals surface area (Å²) in [6.07, 6.45) is 3.70. The van der Waals surface area contributed by atoms with Crippen LogP contribution in [0, 0.1) is 0 Å². The van der Waals surface area contributed by atoms with Crippen LogP contribution in [0.3, 0.4) is 0 Å². The SMILES string of the molecule is CN(C(=O)OC[C@@H]1OCCc2cc(-c3ncccn3)ccc21)C(C)(C)C. The zero-order valence-corrected chi connectivity index (χ0v) is 15.7. The topological polar surface area (TPSA) is 64.6 Å². The van der Waals surface area contributed by atoms with Crippen molar-refractivity contribution in [3.63, 3.8) is 0 Å². The van der Waals surface area contributed by atoms with Crippen LogP contribution >= 0.6 is 0 Å². The minimum absolute atomic E-state index is 0.202. The first kappa shape index (κ1) is 18.3. The van der Waals surface area contributed by atoms with E-state index >= 15 is 0 Å². The lowest BCUT2D eigenvalue weighted by Gasteiger charge is -2.32. The van der Waals surface area contributed by atoms with Crippen molar-refractivity contribution in [3.8, 4) is 11.4 Å². The van der Waals surface area contributed by atoms with E-state index in [-0.39, 0.29) is 24.3 Å². The molecular weight excluding hydrogens is 330 g/mol. The van der Waals surface area contributed by atoms with Gasteiger partial charge in [-0.2, -0.15) is 0 Å². The van der Waals surface area contributed by atoms with Crippen molar-refractivity contribution in [2.75, 3.05) is 20.3 Å². The number of hydrogen-bond acceptors (Lipinski definition) is 5. The molecule has 1 aliphatic rings. The zero-order valence-electron chi connectivity index (χ0n) is 15.7. The summed E-state index contributed by atoms with van der Waals surface area (Å²) in [6.45, 7) is 6.70. The molecule has 0 radical (unpaired) electrons. The average Bonchev–Trinajstić information content (AvgIpc) is 2.65. The van der Waals surface area contributed by atoms with E-state index in [1.165, 1.54) is 5.56 Å². The lowest BCUT2D eigenvalue weighted by molar-refractivity contribution is -0.0147. The minimum Gasteiger partial charge on any atom is -0.446 e. The predicted octanol–water partition coefficient (Wildman–Crippen LogP) is 3.62. The molecule has 1 aliphatic heterocycles. The van der Waals surface area contributed by atoms with Crippen molar-refractivity contribution in [1.29, 1.82) is 0 Å². The Balaban J connectivity index is 1.72. The van der Waals surface area contributed by atoms with E-state index in [1.54, 1.807) is 30.4 Å². The van der Waals surface area contributed by atoms with Crippen LogP contribution in [0.15, 0.2) is 36.7 Å². The standard InChI is InChI=1S/C20H25N3O3/c1-20(2,3)23(4)19(24)26-13-17-16-7-6-15(12-14(16)8-11-25-17)18-21-9-5-10-22-18/h5-7,9-10,12,17H,8,11,13H2,1-4H3/t17-/m0/s1. The normalized spacial score (nSPS) is 16.7. The quantitative estimate of drug-likeness (QED) is 0.841. The van der Waals surface area contributed by atoms with Crippen molar-refractivity contribution in [3.05, 3.63) is 47.8 Å². The molecule has 0 spiro atoms. The summed E-state index contributed by atoms with van der Waals surface area (Å²) >= 11 is 0. The monoisotopic (exact) mass is 355 g/mol. The highest BCUT2D eigenvalue weighted by Gasteiger charge is 2.27. The third-order valence-electron chi connectivity index (χ3n) is 4.64. The molecule has 6 heteroatoms. The molecule has 0 fully saturated rings. The van der Waals surface area contributed by atoms with Gasteiger partial charge in [-0.15, -0.1) is 0 Å². The number of fused-ring (bicyclic) bond motifs is 1. The van der Waals surface area contributed by atoms with Crippen molar-refractivity contribution >= 4 is 6.09 Å². The van der Waals surface area contributed by atoms with Crippen molar-refractivity contribution in [2.24, 2.45) is 0 Å². The van der Waals surface area contributed by atoms with Crippen LogP contribution in [0.2, 0.25) is 0 Å². The maximum absolute atomic E-state index is 12.2. The second-order valence-corrected chi connectivity index (χ2v) is 7.40. The maximum atomic E-state index is 12.2. The molecule has 1 amide bonds. The molecule has 138 valence electrons. The third kappa shape index (κ3) is 4.02.